The predicted molar refractivity (Wildman–Crippen MR) is 73.4 cm³/mol. The van der Waals surface area contributed by atoms with Crippen LogP contribution in [0.1, 0.15) is 40.2 Å². The van der Waals surface area contributed by atoms with E-state index in [0.29, 0.717) is 23.9 Å². The SMILES string of the molecule is CC(C)N(C(C)C)C(C)Cc1ccccc1O. The summed E-state index contributed by atoms with van der Waals surface area (Å²) in [4.78, 5) is 2.48. The Bertz CT molecular complexity index is 339. The van der Waals surface area contributed by atoms with E-state index in [1.165, 1.54) is 0 Å². The van der Waals surface area contributed by atoms with Gasteiger partial charge in [0.15, 0.2) is 0 Å². The maximum atomic E-state index is 9.80. The normalized spacial score (nSPS) is 13.6. The molecule has 0 aliphatic heterocycles. The molecule has 0 aliphatic rings. The highest BCUT2D eigenvalue weighted by Crippen LogP contribution is 2.21. The molecule has 1 aromatic rings. The minimum atomic E-state index is 0.409. The summed E-state index contributed by atoms with van der Waals surface area (Å²) in [5, 5.41) is 9.80. The van der Waals surface area contributed by atoms with E-state index in [-0.39, 0.29) is 0 Å². The zero-order valence-electron chi connectivity index (χ0n) is 11.6. The molecule has 0 spiro atoms. The standard InChI is InChI=1S/C15H25NO/c1-11(2)16(12(3)4)13(5)10-14-8-6-7-9-15(14)17/h6-9,11-13,17H,10H2,1-5H3. The van der Waals surface area contributed by atoms with Gasteiger partial charge in [0, 0.05) is 18.1 Å². The largest absolute Gasteiger partial charge is 0.508 e. The summed E-state index contributed by atoms with van der Waals surface area (Å²) in [5.74, 6) is 0.409. The molecule has 1 aromatic carbocycles. The molecule has 0 amide bonds. The quantitative estimate of drug-likeness (QED) is 0.845. The Morgan fingerprint density at radius 3 is 2.00 bits per heavy atom. The third-order valence-electron chi connectivity index (χ3n) is 3.21. The van der Waals surface area contributed by atoms with Crippen molar-refractivity contribution in [3.8, 4) is 5.75 Å². The first-order valence-electron chi connectivity index (χ1n) is 6.47. The van der Waals surface area contributed by atoms with Crippen LogP contribution in [0.25, 0.3) is 0 Å². The van der Waals surface area contributed by atoms with E-state index in [9.17, 15) is 5.11 Å². The maximum Gasteiger partial charge on any atom is 0.118 e. The van der Waals surface area contributed by atoms with Gasteiger partial charge in [-0.2, -0.15) is 0 Å². The number of benzene rings is 1. The van der Waals surface area contributed by atoms with Crippen molar-refractivity contribution in [3.63, 3.8) is 0 Å². The lowest BCUT2D eigenvalue weighted by Crippen LogP contribution is -2.44. The third kappa shape index (κ3) is 3.74. The third-order valence-corrected chi connectivity index (χ3v) is 3.21. The number of hydrogen-bond donors (Lipinski definition) is 1. The highest BCUT2D eigenvalue weighted by molar-refractivity contribution is 5.32. The maximum absolute atomic E-state index is 9.80. The average molecular weight is 235 g/mol. The summed E-state index contributed by atoms with van der Waals surface area (Å²) in [6, 6.07) is 9.10. The molecule has 0 aromatic heterocycles. The monoisotopic (exact) mass is 235 g/mol. The Balaban J connectivity index is 2.77. The van der Waals surface area contributed by atoms with Crippen LogP contribution < -0.4 is 0 Å². The number of aromatic hydroxyl groups is 1. The van der Waals surface area contributed by atoms with Crippen LogP contribution >= 0.6 is 0 Å². The van der Waals surface area contributed by atoms with Crippen molar-refractivity contribution in [2.75, 3.05) is 0 Å². The smallest absolute Gasteiger partial charge is 0.118 e. The molecule has 1 atom stereocenters. The van der Waals surface area contributed by atoms with Crippen LogP contribution in [0.3, 0.4) is 0 Å². The number of rotatable bonds is 5. The fraction of sp³-hybridized carbons (Fsp3) is 0.600. The zero-order chi connectivity index (χ0) is 13.0. The lowest BCUT2D eigenvalue weighted by Gasteiger charge is -2.36. The molecule has 0 aliphatic carbocycles. The van der Waals surface area contributed by atoms with Gasteiger partial charge in [0.25, 0.3) is 0 Å². The minimum Gasteiger partial charge on any atom is -0.508 e. The molecule has 96 valence electrons. The van der Waals surface area contributed by atoms with E-state index in [4.69, 9.17) is 0 Å². The molecule has 17 heavy (non-hydrogen) atoms. The fourth-order valence-corrected chi connectivity index (χ4v) is 2.72. The molecule has 0 bridgehead atoms. The van der Waals surface area contributed by atoms with Crippen LogP contribution in [-0.4, -0.2) is 28.1 Å². The second-order valence-corrected chi connectivity index (χ2v) is 5.32. The van der Waals surface area contributed by atoms with Crippen LogP contribution in [0.5, 0.6) is 5.75 Å². The Labute approximate surface area is 105 Å². The van der Waals surface area contributed by atoms with Gasteiger partial charge in [0.2, 0.25) is 0 Å². The molecule has 0 saturated heterocycles. The van der Waals surface area contributed by atoms with Crippen molar-refractivity contribution < 1.29 is 5.11 Å². The van der Waals surface area contributed by atoms with E-state index in [2.05, 4.69) is 39.5 Å². The molecule has 1 unspecified atom stereocenters. The van der Waals surface area contributed by atoms with Gasteiger partial charge in [0.1, 0.15) is 5.75 Å². The van der Waals surface area contributed by atoms with Crippen molar-refractivity contribution in [2.24, 2.45) is 0 Å². The Kier molecular flexibility index (Phi) is 5.01. The number of nitrogens with zero attached hydrogens (tertiary/aromatic N) is 1. The van der Waals surface area contributed by atoms with Crippen molar-refractivity contribution in [3.05, 3.63) is 29.8 Å². The Hall–Kier alpha value is -1.02. The van der Waals surface area contributed by atoms with Gasteiger partial charge >= 0.3 is 0 Å². The topological polar surface area (TPSA) is 23.5 Å². The van der Waals surface area contributed by atoms with Crippen LogP contribution in [0.2, 0.25) is 0 Å². The van der Waals surface area contributed by atoms with Crippen molar-refractivity contribution in [2.45, 2.75) is 59.2 Å². The Morgan fingerprint density at radius 2 is 1.53 bits per heavy atom. The molecule has 0 radical (unpaired) electrons. The second-order valence-electron chi connectivity index (χ2n) is 5.32. The first-order chi connectivity index (χ1) is 7.93. The highest BCUT2D eigenvalue weighted by atomic mass is 16.3. The van der Waals surface area contributed by atoms with Crippen molar-refractivity contribution >= 4 is 0 Å². The van der Waals surface area contributed by atoms with Gasteiger partial charge in [-0.05, 0) is 52.7 Å². The van der Waals surface area contributed by atoms with E-state index < -0.39 is 0 Å². The van der Waals surface area contributed by atoms with Gasteiger partial charge in [-0.25, -0.2) is 0 Å². The van der Waals surface area contributed by atoms with E-state index in [1.54, 1.807) is 6.07 Å². The molecule has 1 rings (SSSR count). The zero-order valence-corrected chi connectivity index (χ0v) is 11.6. The summed E-state index contributed by atoms with van der Waals surface area (Å²) in [7, 11) is 0. The number of phenolic OH excluding ortho intramolecular Hbond substituents is 1. The number of para-hydroxylation sites is 1. The molecular weight excluding hydrogens is 210 g/mol. The number of phenols is 1. The lowest BCUT2D eigenvalue weighted by molar-refractivity contribution is 0.122. The first-order valence-corrected chi connectivity index (χ1v) is 6.47. The summed E-state index contributed by atoms with van der Waals surface area (Å²) >= 11 is 0. The molecule has 2 nitrogen and oxygen atoms in total. The number of hydrogen-bond acceptors (Lipinski definition) is 2. The summed E-state index contributed by atoms with van der Waals surface area (Å²) in [6.45, 7) is 11.1. The van der Waals surface area contributed by atoms with Crippen molar-refractivity contribution in [1.82, 2.24) is 4.90 Å². The van der Waals surface area contributed by atoms with Crippen molar-refractivity contribution in [1.29, 1.82) is 0 Å². The van der Waals surface area contributed by atoms with Gasteiger partial charge in [-0.15, -0.1) is 0 Å². The van der Waals surface area contributed by atoms with Crippen LogP contribution in [-0.2, 0) is 6.42 Å². The van der Waals surface area contributed by atoms with Gasteiger partial charge < -0.3 is 5.11 Å². The summed E-state index contributed by atoms with van der Waals surface area (Å²) in [5.41, 5.74) is 1.03. The molecule has 1 N–H and O–H groups in total. The molecule has 2 heteroatoms. The lowest BCUT2D eigenvalue weighted by atomic mass is 10.0. The van der Waals surface area contributed by atoms with E-state index in [0.717, 1.165) is 12.0 Å². The first kappa shape index (κ1) is 14.0. The highest BCUT2D eigenvalue weighted by Gasteiger charge is 2.20. The Morgan fingerprint density at radius 1 is 1.00 bits per heavy atom. The van der Waals surface area contributed by atoms with Crippen LogP contribution in [0.15, 0.2) is 24.3 Å². The van der Waals surface area contributed by atoms with Gasteiger partial charge in [0.05, 0.1) is 0 Å². The second kappa shape index (κ2) is 6.06. The molecule has 0 heterocycles. The van der Waals surface area contributed by atoms with Crippen LogP contribution in [0, 0.1) is 0 Å². The van der Waals surface area contributed by atoms with Gasteiger partial charge in [-0.1, -0.05) is 18.2 Å². The summed E-state index contributed by atoms with van der Waals surface area (Å²) < 4.78 is 0. The molecular formula is C15H25NO. The van der Waals surface area contributed by atoms with Crippen LogP contribution in [0.4, 0.5) is 0 Å². The van der Waals surface area contributed by atoms with E-state index >= 15 is 0 Å². The molecule has 0 saturated carbocycles. The predicted octanol–water partition coefficient (Wildman–Crippen LogP) is 3.44. The fourth-order valence-electron chi connectivity index (χ4n) is 2.72. The molecule has 0 fully saturated rings. The van der Waals surface area contributed by atoms with E-state index in [1.807, 2.05) is 18.2 Å². The average Bonchev–Trinajstić information content (AvgIpc) is 2.20. The van der Waals surface area contributed by atoms with Gasteiger partial charge in [-0.3, -0.25) is 4.90 Å². The minimum absolute atomic E-state index is 0.409. The summed E-state index contributed by atoms with van der Waals surface area (Å²) in [6.07, 6.45) is 0.892.